The van der Waals surface area contributed by atoms with Gasteiger partial charge in [-0.25, -0.2) is 9.59 Å². The zero-order valence-electron chi connectivity index (χ0n) is 10.4. The monoisotopic (exact) mass is 243 g/mol. The van der Waals surface area contributed by atoms with Crippen molar-refractivity contribution in [2.45, 2.75) is 19.4 Å². The number of likely N-dealkylation sites (N-methyl/N-ethyl adjacent to an activating group) is 1. The van der Waals surface area contributed by atoms with Crippen molar-refractivity contribution in [1.82, 2.24) is 15.5 Å². The molecule has 3 N–H and O–H groups in total. The lowest BCUT2D eigenvalue weighted by Gasteiger charge is -2.16. The molecule has 98 valence electrons. The van der Waals surface area contributed by atoms with Crippen molar-refractivity contribution in [2.75, 3.05) is 26.7 Å². The summed E-state index contributed by atoms with van der Waals surface area (Å²) in [6, 6.07) is -1.39. The van der Waals surface area contributed by atoms with E-state index >= 15 is 0 Å². The molecule has 1 atom stereocenters. The van der Waals surface area contributed by atoms with Crippen LogP contribution in [0, 0.1) is 0 Å². The Kier molecular flexibility index (Phi) is 7.79. The topological polar surface area (TPSA) is 81.7 Å². The van der Waals surface area contributed by atoms with Gasteiger partial charge in [0.25, 0.3) is 0 Å². The van der Waals surface area contributed by atoms with Gasteiger partial charge in [0.1, 0.15) is 6.04 Å². The Labute approximate surface area is 102 Å². The van der Waals surface area contributed by atoms with Gasteiger partial charge in [-0.1, -0.05) is 13.0 Å². The second-order valence-corrected chi connectivity index (χ2v) is 3.71. The van der Waals surface area contributed by atoms with E-state index in [0.717, 1.165) is 13.1 Å². The van der Waals surface area contributed by atoms with Crippen LogP contribution in [0.5, 0.6) is 0 Å². The first kappa shape index (κ1) is 15.4. The summed E-state index contributed by atoms with van der Waals surface area (Å²) in [5.41, 5.74) is 0. The Morgan fingerprint density at radius 1 is 1.53 bits per heavy atom. The van der Waals surface area contributed by atoms with Crippen LogP contribution in [0.4, 0.5) is 4.79 Å². The van der Waals surface area contributed by atoms with E-state index in [-0.39, 0.29) is 6.42 Å². The van der Waals surface area contributed by atoms with Gasteiger partial charge in [0.15, 0.2) is 0 Å². The number of amides is 2. The minimum atomic E-state index is -1.06. The Hall–Kier alpha value is -1.56. The van der Waals surface area contributed by atoms with Crippen LogP contribution in [-0.2, 0) is 4.79 Å². The first-order valence-electron chi connectivity index (χ1n) is 5.57. The van der Waals surface area contributed by atoms with E-state index in [1.165, 1.54) is 6.08 Å². The molecule has 0 aromatic rings. The van der Waals surface area contributed by atoms with Crippen LogP contribution < -0.4 is 10.6 Å². The van der Waals surface area contributed by atoms with Crippen molar-refractivity contribution < 1.29 is 14.7 Å². The number of aliphatic carboxylic acids is 1. The molecular formula is C11H21N3O3. The SMILES string of the molecule is C=CCC(NC(=O)NCCN(C)CC)C(=O)O. The molecule has 0 aromatic heterocycles. The number of carbonyl (C=O) groups excluding carboxylic acids is 1. The third-order valence-electron chi connectivity index (χ3n) is 2.32. The van der Waals surface area contributed by atoms with Gasteiger partial charge in [-0.05, 0) is 20.0 Å². The minimum Gasteiger partial charge on any atom is -0.480 e. The maximum absolute atomic E-state index is 11.4. The second-order valence-electron chi connectivity index (χ2n) is 3.71. The smallest absolute Gasteiger partial charge is 0.326 e. The largest absolute Gasteiger partial charge is 0.480 e. The van der Waals surface area contributed by atoms with Crippen molar-refractivity contribution in [1.29, 1.82) is 0 Å². The van der Waals surface area contributed by atoms with E-state index in [0.29, 0.717) is 6.54 Å². The molecule has 0 bridgehead atoms. The molecule has 0 aliphatic carbocycles. The van der Waals surface area contributed by atoms with Crippen LogP contribution >= 0.6 is 0 Å². The summed E-state index contributed by atoms with van der Waals surface area (Å²) >= 11 is 0. The van der Waals surface area contributed by atoms with Crippen molar-refractivity contribution >= 4 is 12.0 Å². The Balaban J connectivity index is 3.90. The Bertz CT molecular complexity index is 269. The zero-order chi connectivity index (χ0) is 13.3. The highest BCUT2D eigenvalue weighted by molar-refractivity contribution is 5.82. The van der Waals surface area contributed by atoms with Gasteiger partial charge < -0.3 is 20.6 Å². The molecule has 17 heavy (non-hydrogen) atoms. The average molecular weight is 243 g/mol. The lowest BCUT2D eigenvalue weighted by Crippen LogP contribution is -2.47. The number of hydrogen-bond acceptors (Lipinski definition) is 3. The molecule has 0 aliphatic rings. The van der Waals surface area contributed by atoms with Crippen molar-refractivity contribution in [3.63, 3.8) is 0 Å². The minimum absolute atomic E-state index is 0.206. The number of carbonyl (C=O) groups is 2. The van der Waals surface area contributed by atoms with Crippen LogP contribution in [-0.4, -0.2) is 54.7 Å². The van der Waals surface area contributed by atoms with E-state index in [2.05, 4.69) is 17.2 Å². The van der Waals surface area contributed by atoms with E-state index < -0.39 is 18.0 Å². The van der Waals surface area contributed by atoms with Gasteiger partial charge in [-0.3, -0.25) is 0 Å². The summed E-state index contributed by atoms with van der Waals surface area (Å²) in [5, 5.41) is 13.8. The number of nitrogens with one attached hydrogen (secondary N) is 2. The van der Waals surface area contributed by atoms with Crippen molar-refractivity contribution in [3.05, 3.63) is 12.7 Å². The summed E-state index contributed by atoms with van der Waals surface area (Å²) in [7, 11) is 1.94. The number of carboxylic acids is 1. The molecule has 0 radical (unpaired) electrons. The van der Waals surface area contributed by atoms with Gasteiger partial charge in [-0.15, -0.1) is 6.58 Å². The number of rotatable bonds is 8. The number of urea groups is 1. The summed E-state index contributed by atoms with van der Waals surface area (Å²) < 4.78 is 0. The van der Waals surface area contributed by atoms with Gasteiger partial charge in [0, 0.05) is 13.1 Å². The van der Waals surface area contributed by atoms with E-state index in [9.17, 15) is 9.59 Å². The van der Waals surface area contributed by atoms with Crippen LogP contribution in [0.25, 0.3) is 0 Å². The molecule has 2 amide bonds. The highest BCUT2D eigenvalue weighted by Crippen LogP contribution is 1.92. The summed E-state index contributed by atoms with van der Waals surface area (Å²) in [6.45, 7) is 7.57. The summed E-state index contributed by atoms with van der Waals surface area (Å²) in [6.07, 6.45) is 1.67. The third kappa shape index (κ3) is 7.35. The molecule has 0 spiro atoms. The van der Waals surface area contributed by atoms with Gasteiger partial charge in [-0.2, -0.15) is 0 Å². The molecule has 6 heteroatoms. The highest BCUT2D eigenvalue weighted by Gasteiger charge is 2.17. The molecule has 0 heterocycles. The number of nitrogens with zero attached hydrogens (tertiary/aromatic N) is 1. The van der Waals surface area contributed by atoms with Crippen LogP contribution in [0.1, 0.15) is 13.3 Å². The lowest BCUT2D eigenvalue weighted by molar-refractivity contribution is -0.139. The second kappa shape index (κ2) is 8.58. The normalized spacial score (nSPS) is 11.9. The molecule has 0 aromatic carbocycles. The van der Waals surface area contributed by atoms with Gasteiger partial charge >= 0.3 is 12.0 Å². The maximum atomic E-state index is 11.4. The van der Waals surface area contributed by atoms with Crippen molar-refractivity contribution in [2.24, 2.45) is 0 Å². The maximum Gasteiger partial charge on any atom is 0.326 e. The Morgan fingerprint density at radius 3 is 2.65 bits per heavy atom. The van der Waals surface area contributed by atoms with Gasteiger partial charge in [0.2, 0.25) is 0 Å². The van der Waals surface area contributed by atoms with Gasteiger partial charge in [0.05, 0.1) is 0 Å². The molecule has 0 aliphatic heterocycles. The molecule has 0 rings (SSSR count). The third-order valence-corrected chi connectivity index (χ3v) is 2.32. The highest BCUT2D eigenvalue weighted by atomic mass is 16.4. The van der Waals surface area contributed by atoms with E-state index in [1.54, 1.807) is 0 Å². The van der Waals surface area contributed by atoms with Crippen LogP contribution in [0.3, 0.4) is 0 Å². The van der Waals surface area contributed by atoms with E-state index in [1.807, 2.05) is 18.9 Å². The van der Waals surface area contributed by atoms with Crippen LogP contribution in [0.15, 0.2) is 12.7 Å². The molecule has 0 saturated carbocycles. The standard InChI is InChI=1S/C11H21N3O3/c1-4-6-9(10(15)16)13-11(17)12-7-8-14(3)5-2/h4,9H,1,5-8H2,2-3H3,(H,15,16)(H2,12,13,17). The number of hydrogen-bond donors (Lipinski definition) is 3. The molecule has 0 fully saturated rings. The molecule has 6 nitrogen and oxygen atoms in total. The predicted molar refractivity (Wildman–Crippen MR) is 65.9 cm³/mol. The molecule has 0 saturated heterocycles. The first-order chi connectivity index (χ1) is 8.01. The molecule has 1 unspecified atom stereocenters. The van der Waals surface area contributed by atoms with Crippen molar-refractivity contribution in [3.8, 4) is 0 Å². The fourth-order valence-corrected chi connectivity index (χ4v) is 1.12. The Morgan fingerprint density at radius 2 is 2.18 bits per heavy atom. The summed E-state index contributed by atoms with van der Waals surface area (Å²) in [5.74, 6) is -1.06. The number of carboxylic acid groups (broad SMARTS) is 1. The molecular weight excluding hydrogens is 222 g/mol. The van der Waals surface area contributed by atoms with Crippen LogP contribution in [0.2, 0.25) is 0 Å². The fourth-order valence-electron chi connectivity index (χ4n) is 1.12. The lowest BCUT2D eigenvalue weighted by atomic mass is 10.2. The predicted octanol–water partition coefficient (Wildman–Crippen LogP) is 0.267. The average Bonchev–Trinajstić information content (AvgIpc) is 2.28. The summed E-state index contributed by atoms with van der Waals surface area (Å²) in [4.78, 5) is 24.2. The first-order valence-corrected chi connectivity index (χ1v) is 5.57. The van der Waals surface area contributed by atoms with E-state index in [4.69, 9.17) is 5.11 Å². The zero-order valence-corrected chi connectivity index (χ0v) is 10.4. The quantitative estimate of drug-likeness (QED) is 0.534. The fraction of sp³-hybridized carbons (Fsp3) is 0.636.